The lowest BCUT2D eigenvalue weighted by Gasteiger charge is -2.12. The van der Waals surface area contributed by atoms with Crippen molar-refractivity contribution in [1.29, 1.82) is 0 Å². The number of amides is 1. The molecule has 0 aromatic rings. The molecule has 0 radical (unpaired) electrons. The molecule has 104 valence electrons. The number of esters is 1. The maximum Gasteiger partial charge on any atom is 0.315 e. The fraction of sp³-hybridized carbons (Fsp3) is 0.818. The van der Waals surface area contributed by atoms with Gasteiger partial charge in [0.05, 0.1) is 19.0 Å². The van der Waals surface area contributed by atoms with Crippen molar-refractivity contribution >= 4 is 23.6 Å². The van der Waals surface area contributed by atoms with E-state index in [-0.39, 0.29) is 24.1 Å². The Morgan fingerprint density at radius 1 is 1.50 bits per heavy atom. The third-order valence-electron chi connectivity index (χ3n) is 2.66. The van der Waals surface area contributed by atoms with Crippen molar-refractivity contribution in [2.24, 2.45) is 5.73 Å². The molecule has 1 heterocycles. The van der Waals surface area contributed by atoms with Gasteiger partial charge in [0.25, 0.3) is 0 Å². The average molecular weight is 276 g/mol. The number of methoxy groups -OCH3 is 1. The lowest BCUT2D eigenvalue weighted by molar-refractivity contribution is -0.137. The Labute approximate surface area is 111 Å². The molecule has 0 aromatic carbocycles. The summed E-state index contributed by atoms with van der Waals surface area (Å²) in [7, 11) is 1.36. The topological polar surface area (TPSA) is 90.7 Å². The zero-order chi connectivity index (χ0) is 13.4. The van der Waals surface area contributed by atoms with E-state index in [1.807, 2.05) is 0 Å². The van der Waals surface area contributed by atoms with Crippen molar-refractivity contribution in [1.82, 2.24) is 5.32 Å². The first-order valence-electron chi connectivity index (χ1n) is 5.95. The van der Waals surface area contributed by atoms with Gasteiger partial charge < -0.3 is 20.5 Å². The van der Waals surface area contributed by atoms with Crippen LogP contribution in [0.2, 0.25) is 0 Å². The Morgan fingerprint density at radius 3 is 2.89 bits per heavy atom. The Morgan fingerprint density at radius 2 is 2.28 bits per heavy atom. The van der Waals surface area contributed by atoms with Gasteiger partial charge in [0.2, 0.25) is 5.91 Å². The largest absolute Gasteiger partial charge is 0.468 e. The minimum Gasteiger partial charge on any atom is -0.468 e. The van der Waals surface area contributed by atoms with Gasteiger partial charge in [0, 0.05) is 18.8 Å². The Kier molecular flexibility index (Phi) is 7.07. The van der Waals surface area contributed by atoms with Gasteiger partial charge in [-0.2, -0.15) is 0 Å². The van der Waals surface area contributed by atoms with E-state index in [1.54, 1.807) is 0 Å². The van der Waals surface area contributed by atoms with Gasteiger partial charge in [0.15, 0.2) is 0 Å². The Balaban J connectivity index is 2.05. The molecule has 0 aromatic heterocycles. The van der Waals surface area contributed by atoms with Gasteiger partial charge >= 0.3 is 5.97 Å². The summed E-state index contributed by atoms with van der Waals surface area (Å²) in [5, 5.41) is 2.78. The van der Waals surface area contributed by atoms with Crippen LogP contribution in [-0.4, -0.2) is 55.8 Å². The first-order valence-corrected chi connectivity index (χ1v) is 7.10. The van der Waals surface area contributed by atoms with Gasteiger partial charge in [-0.15, -0.1) is 11.8 Å². The van der Waals surface area contributed by atoms with Crippen LogP contribution in [0.5, 0.6) is 0 Å². The Bertz CT molecular complexity index is 288. The highest BCUT2D eigenvalue weighted by Crippen LogP contribution is 2.18. The summed E-state index contributed by atoms with van der Waals surface area (Å²) in [6.45, 7) is 0.979. The summed E-state index contributed by atoms with van der Waals surface area (Å²) in [5.41, 5.74) is 5.47. The summed E-state index contributed by atoms with van der Waals surface area (Å²) in [6, 6.07) is 0. The number of ether oxygens (including phenoxy) is 2. The molecule has 18 heavy (non-hydrogen) atoms. The Hall–Kier alpha value is -0.790. The summed E-state index contributed by atoms with van der Waals surface area (Å²) < 4.78 is 9.97. The third kappa shape index (κ3) is 5.24. The second kappa shape index (κ2) is 8.34. The number of nitrogens with one attached hydrogen (secondary N) is 1. The van der Waals surface area contributed by atoms with E-state index < -0.39 is 0 Å². The lowest BCUT2D eigenvalue weighted by atomic mass is 10.2. The number of carbonyl (C=O) groups excluding carboxylic acids is 2. The summed E-state index contributed by atoms with van der Waals surface area (Å²) in [6.07, 6.45) is 1.20. The fourth-order valence-electron chi connectivity index (χ4n) is 1.65. The minimum absolute atomic E-state index is 0.00875. The van der Waals surface area contributed by atoms with Crippen LogP contribution >= 0.6 is 11.8 Å². The zero-order valence-corrected chi connectivity index (χ0v) is 11.3. The standard InChI is InChI=1S/C11H20N2O4S/c1-16-10(14)7-18-5-4-13-11(15)9-3-2-8(6-12)17-9/h8-9H,2-7,12H2,1H3,(H,13,15)/t8-,9+/m1/s1. The zero-order valence-electron chi connectivity index (χ0n) is 10.5. The third-order valence-corrected chi connectivity index (χ3v) is 3.59. The van der Waals surface area contributed by atoms with Crippen molar-refractivity contribution < 1.29 is 19.1 Å². The molecule has 0 saturated carbocycles. The van der Waals surface area contributed by atoms with Gasteiger partial charge in [-0.05, 0) is 12.8 Å². The van der Waals surface area contributed by atoms with Gasteiger partial charge in [-0.25, -0.2) is 0 Å². The minimum atomic E-state index is -0.371. The van der Waals surface area contributed by atoms with Crippen LogP contribution in [0.1, 0.15) is 12.8 Å². The number of thioether (sulfide) groups is 1. The molecule has 0 aliphatic carbocycles. The van der Waals surface area contributed by atoms with E-state index in [9.17, 15) is 9.59 Å². The van der Waals surface area contributed by atoms with E-state index >= 15 is 0 Å². The monoisotopic (exact) mass is 276 g/mol. The molecular weight excluding hydrogens is 256 g/mol. The second-order valence-corrected chi connectivity index (χ2v) is 5.08. The van der Waals surface area contributed by atoms with Gasteiger partial charge in [0.1, 0.15) is 6.10 Å². The molecule has 0 spiro atoms. The molecule has 1 aliphatic rings. The molecule has 7 heteroatoms. The van der Waals surface area contributed by atoms with E-state index in [2.05, 4.69) is 10.1 Å². The van der Waals surface area contributed by atoms with Crippen molar-refractivity contribution in [2.45, 2.75) is 25.0 Å². The molecule has 1 aliphatic heterocycles. The molecule has 6 nitrogen and oxygen atoms in total. The predicted octanol–water partition coefficient (Wildman–Crippen LogP) is -0.485. The number of rotatable bonds is 7. The van der Waals surface area contributed by atoms with Crippen molar-refractivity contribution in [3.05, 3.63) is 0 Å². The molecule has 0 bridgehead atoms. The molecule has 1 fully saturated rings. The smallest absolute Gasteiger partial charge is 0.315 e. The highest BCUT2D eigenvalue weighted by Gasteiger charge is 2.29. The predicted molar refractivity (Wildman–Crippen MR) is 69.3 cm³/mol. The number of hydrogen-bond acceptors (Lipinski definition) is 6. The van der Waals surface area contributed by atoms with Crippen LogP contribution in [-0.2, 0) is 19.1 Å². The molecule has 0 unspecified atom stereocenters. The van der Waals surface area contributed by atoms with Gasteiger partial charge in [-0.1, -0.05) is 0 Å². The molecule has 3 N–H and O–H groups in total. The fourth-order valence-corrected chi connectivity index (χ4v) is 2.32. The van der Waals surface area contributed by atoms with E-state index in [0.717, 1.165) is 12.8 Å². The van der Waals surface area contributed by atoms with Crippen LogP contribution in [0.15, 0.2) is 0 Å². The molecule has 1 amide bonds. The highest BCUT2D eigenvalue weighted by atomic mass is 32.2. The molecule has 1 rings (SSSR count). The average Bonchev–Trinajstić information content (AvgIpc) is 2.86. The summed E-state index contributed by atoms with van der Waals surface area (Å²) in [5.74, 6) is 0.635. The van der Waals surface area contributed by atoms with E-state index in [4.69, 9.17) is 10.5 Å². The van der Waals surface area contributed by atoms with Crippen molar-refractivity contribution in [3.8, 4) is 0 Å². The van der Waals surface area contributed by atoms with Crippen LogP contribution in [0, 0.1) is 0 Å². The van der Waals surface area contributed by atoms with E-state index in [1.165, 1.54) is 18.9 Å². The lowest BCUT2D eigenvalue weighted by Crippen LogP contribution is -2.36. The second-order valence-electron chi connectivity index (χ2n) is 3.98. The van der Waals surface area contributed by atoms with Crippen molar-refractivity contribution in [3.63, 3.8) is 0 Å². The summed E-state index contributed by atoms with van der Waals surface area (Å²) in [4.78, 5) is 22.5. The van der Waals surface area contributed by atoms with Crippen molar-refractivity contribution in [2.75, 3.05) is 31.7 Å². The molecular formula is C11H20N2O4S. The number of carbonyl (C=O) groups is 2. The first-order chi connectivity index (χ1) is 8.67. The quantitative estimate of drug-likeness (QED) is 0.482. The summed E-state index contributed by atoms with van der Waals surface area (Å²) >= 11 is 1.43. The van der Waals surface area contributed by atoms with Crippen LogP contribution < -0.4 is 11.1 Å². The normalized spacial score (nSPS) is 22.8. The molecule has 1 saturated heterocycles. The van der Waals surface area contributed by atoms with Crippen LogP contribution in [0.3, 0.4) is 0 Å². The van der Waals surface area contributed by atoms with Gasteiger partial charge in [-0.3, -0.25) is 9.59 Å². The van der Waals surface area contributed by atoms with Crippen LogP contribution in [0.25, 0.3) is 0 Å². The maximum atomic E-state index is 11.7. The molecule has 2 atom stereocenters. The SMILES string of the molecule is COC(=O)CSCCNC(=O)[C@@H]1CC[C@H](CN)O1. The number of hydrogen-bond donors (Lipinski definition) is 2. The van der Waals surface area contributed by atoms with E-state index in [0.29, 0.717) is 24.6 Å². The number of nitrogens with two attached hydrogens (primary N) is 1. The maximum absolute atomic E-state index is 11.7. The highest BCUT2D eigenvalue weighted by molar-refractivity contribution is 7.99. The van der Waals surface area contributed by atoms with Crippen LogP contribution in [0.4, 0.5) is 0 Å². The first kappa shape index (κ1) is 15.3.